The van der Waals surface area contributed by atoms with Crippen LogP contribution in [0.1, 0.15) is 36.5 Å². The normalized spacial score (nSPS) is 17.4. The van der Waals surface area contributed by atoms with Crippen molar-refractivity contribution in [3.63, 3.8) is 0 Å². The molecule has 2 aromatic heterocycles. The van der Waals surface area contributed by atoms with Crippen LogP contribution in [-0.2, 0) is 21.2 Å². The Hall–Kier alpha value is -4.04. The van der Waals surface area contributed by atoms with E-state index >= 15 is 0 Å². The van der Waals surface area contributed by atoms with E-state index in [9.17, 15) is 18.0 Å². The van der Waals surface area contributed by atoms with Gasteiger partial charge in [-0.1, -0.05) is 19.1 Å². The van der Waals surface area contributed by atoms with Gasteiger partial charge in [0.1, 0.15) is 18.2 Å². The maximum absolute atomic E-state index is 12.4. The number of aromatic nitrogens is 4. The van der Waals surface area contributed by atoms with Crippen LogP contribution < -0.4 is 14.4 Å². The highest BCUT2D eigenvalue weighted by molar-refractivity contribution is 8.19. The molecule has 0 radical (unpaired) electrons. The average Bonchev–Trinajstić information content (AvgIpc) is 3.25. The minimum absolute atomic E-state index is 0.0170. The minimum atomic E-state index is -3.98. The van der Waals surface area contributed by atoms with Gasteiger partial charge in [0.2, 0.25) is 27.7 Å². The van der Waals surface area contributed by atoms with E-state index in [2.05, 4.69) is 31.8 Å². The zero-order valence-corrected chi connectivity index (χ0v) is 24.3. The van der Waals surface area contributed by atoms with Gasteiger partial charge in [-0.25, -0.2) is 28.4 Å². The Morgan fingerprint density at radius 2 is 1.68 bits per heavy atom. The molecule has 41 heavy (non-hydrogen) atoms. The minimum Gasteiger partial charge on any atom is -0.474 e. The van der Waals surface area contributed by atoms with E-state index in [0.29, 0.717) is 40.4 Å². The van der Waals surface area contributed by atoms with Gasteiger partial charge in [0.15, 0.2) is 0 Å². The number of piperidine rings is 1. The lowest BCUT2D eigenvalue weighted by atomic mass is 10.1. The van der Waals surface area contributed by atoms with Crippen LogP contribution >= 0.6 is 11.8 Å². The van der Waals surface area contributed by atoms with E-state index in [4.69, 9.17) is 9.47 Å². The molecule has 4 heterocycles. The maximum Gasteiger partial charge on any atom is 0.307 e. The Labute approximate surface area is 241 Å². The molecule has 0 spiro atoms. The predicted octanol–water partition coefficient (Wildman–Crippen LogP) is 3.97. The Balaban J connectivity index is 1.20. The first-order valence-corrected chi connectivity index (χ1v) is 15.6. The number of rotatable bonds is 8. The lowest BCUT2D eigenvalue weighted by Crippen LogP contribution is -2.39. The molecule has 12 nitrogen and oxygen atoms in total. The second-order valence-electron chi connectivity index (χ2n) is 9.54. The molecule has 2 saturated heterocycles. The second kappa shape index (κ2) is 11.8. The monoisotopic (exact) mass is 596 g/mol. The van der Waals surface area contributed by atoms with Crippen LogP contribution in [0.4, 0.5) is 10.7 Å². The molecule has 5 rings (SSSR count). The van der Waals surface area contributed by atoms with Gasteiger partial charge in [-0.2, -0.15) is 4.31 Å². The summed E-state index contributed by atoms with van der Waals surface area (Å²) in [6.07, 6.45) is 9.88. The molecule has 0 bridgehead atoms. The Kier molecular flexibility index (Phi) is 8.22. The molecule has 1 aromatic carbocycles. The molecule has 0 atom stereocenters. The average molecular weight is 597 g/mol. The molecule has 14 heteroatoms. The third kappa shape index (κ3) is 6.49. The first-order chi connectivity index (χ1) is 19.6. The van der Waals surface area contributed by atoms with Crippen LogP contribution in [0.25, 0.3) is 6.08 Å². The number of aryl methyl sites for hydroxylation is 1. The van der Waals surface area contributed by atoms with Crippen LogP contribution in [0.3, 0.4) is 0 Å². The van der Waals surface area contributed by atoms with Gasteiger partial charge < -0.3 is 14.4 Å². The van der Waals surface area contributed by atoms with Gasteiger partial charge in [-0.05, 0) is 54.4 Å². The second-order valence-corrected chi connectivity index (χ2v) is 12.4. The molecule has 2 aliphatic rings. The van der Waals surface area contributed by atoms with Gasteiger partial charge in [0, 0.05) is 38.3 Å². The van der Waals surface area contributed by atoms with Crippen LogP contribution in [0.15, 0.2) is 47.9 Å². The highest BCUT2D eigenvalue weighted by Gasteiger charge is 2.41. The topological polar surface area (TPSA) is 145 Å². The van der Waals surface area contributed by atoms with E-state index in [1.807, 2.05) is 19.3 Å². The zero-order chi connectivity index (χ0) is 29.1. The van der Waals surface area contributed by atoms with E-state index in [-0.39, 0.29) is 15.3 Å². The van der Waals surface area contributed by atoms with Gasteiger partial charge in [-0.15, -0.1) is 0 Å². The third-order valence-corrected chi connectivity index (χ3v) is 8.56. The van der Waals surface area contributed by atoms with Crippen LogP contribution in [0.2, 0.25) is 0 Å². The van der Waals surface area contributed by atoms with Crippen molar-refractivity contribution in [2.75, 3.05) is 24.2 Å². The molecule has 0 unspecified atom stereocenters. The third-order valence-electron chi connectivity index (χ3n) is 6.58. The first kappa shape index (κ1) is 28.5. The van der Waals surface area contributed by atoms with Gasteiger partial charge in [0.05, 0.1) is 16.7 Å². The van der Waals surface area contributed by atoms with Crippen molar-refractivity contribution in [3.8, 4) is 17.5 Å². The highest BCUT2D eigenvalue weighted by atomic mass is 32.2. The van der Waals surface area contributed by atoms with Crippen molar-refractivity contribution in [1.29, 1.82) is 0 Å². The van der Waals surface area contributed by atoms with Crippen molar-refractivity contribution < 1.29 is 27.5 Å². The summed E-state index contributed by atoms with van der Waals surface area (Å²) in [5, 5.41) is -0.845. The van der Waals surface area contributed by atoms with Gasteiger partial charge in [-0.3, -0.25) is 9.59 Å². The summed E-state index contributed by atoms with van der Waals surface area (Å²) in [6.45, 7) is 5.45. The summed E-state index contributed by atoms with van der Waals surface area (Å²) in [5.74, 6) is 1.15. The van der Waals surface area contributed by atoms with E-state index in [1.54, 1.807) is 24.3 Å². The number of hydrogen-bond donors (Lipinski definition) is 0. The predicted molar refractivity (Wildman–Crippen MR) is 153 cm³/mol. The number of imide groups is 1. The Bertz CT molecular complexity index is 1590. The number of benzene rings is 1. The first-order valence-electron chi connectivity index (χ1n) is 12.9. The largest absolute Gasteiger partial charge is 0.474 e. The quantitative estimate of drug-likeness (QED) is 0.347. The number of anilines is 1. The number of carbonyl (C=O) groups is 2. The summed E-state index contributed by atoms with van der Waals surface area (Å²) in [4.78, 5) is 44.0. The Morgan fingerprint density at radius 1 is 1.02 bits per heavy atom. The van der Waals surface area contributed by atoms with Crippen LogP contribution in [0, 0.1) is 6.92 Å². The summed E-state index contributed by atoms with van der Waals surface area (Å²) in [7, 11) is -3.98. The van der Waals surface area contributed by atoms with Crippen molar-refractivity contribution >= 4 is 45.0 Å². The number of sulfonamides is 1. The lowest BCUT2D eigenvalue weighted by molar-refractivity contribution is -0.119. The Morgan fingerprint density at radius 3 is 2.29 bits per heavy atom. The molecule has 0 aliphatic carbocycles. The molecule has 2 fully saturated rings. The molecule has 214 valence electrons. The van der Waals surface area contributed by atoms with Crippen LogP contribution in [-0.4, -0.2) is 69.3 Å². The fraction of sp³-hybridized carbons (Fsp3) is 0.333. The number of thioether (sulfide) groups is 1. The molecular formula is C27H28N6O6S2. The van der Waals surface area contributed by atoms with Gasteiger partial charge >= 0.3 is 5.24 Å². The summed E-state index contributed by atoms with van der Waals surface area (Å²) in [6, 6.07) is 6.73. The van der Waals surface area contributed by atoms with E-state index in [1.165, 1.54) is 12.4 Å². The fourth-order valence-corrected chi connectivity index (χ4v) is 6.27. The number of ether oxygens (including phenoxy) is 2. The smallest absolute Gasteiger partial charge is 0.307 e. The fourth-order valence-electron chi connectivity index (χ4n) is 4.30. The summed E-state index contributed by atoms with van der Waals surface area (Å²) >= 11 is 0.577. The highest BCUT2D eigenvalue weighted by Crippen LogP contribution is 2.34. The van der Waals surface area contributed by atoms with Crippen molar-refractivity contribution in [2.45, 2.75) is 39.2 Å². The van der Waals surface area contributed by atoms with Crippen LogP contribution in [0.5, 0.6) is 17.5 Å². The molecule has 2 amide bonds. The zero-order valence-electron chi connectivity index (χ0n) is 22.7. The number of amides is 2. The molecular weight excluding hydrogens is 568 g/mol. The van der Waals surface area contributed by atoms with E-state index in [0.717, 1.165) is 50.1 Å². The molecule has 0 saturated carbocycles. The summed E-state index contributed by atoms with van der Waals surface area (Å²) in [5.41, 5.74) is 2.36. The van der Waals surface area contributed by atoms with E-state index < -0.39 is 21.2 Å². The maximum atomic E-state index is 12.4. The SMILES string of the molecule is CCc1cnc(N2CCC(Oc3ncnc(Oc4ccc(C=C5SC(=O)N(S(C)(=O)=O)C5=O)cc4)c3C)CC2)nc1. The number of nitrogens with zero attached hydrogens (tertiary/aromatic N) is 6. The number of hydrogen-bond acceptors (Lipinski definition) is 12. The number of carbonyl (C=O) groups excluding carboxylic acids is 2. The molecule has 0 N–H and O–H groups in total. The van der Waals surface area contributed by atoms with Gasteiger partial charge in [0.25, 0.3) is 5.91 Å². The van der Waals surface area contributed by atoms with Crippen molar-refractivity contribution in [3.05, 3.63) is 64.6 Å². The molecule has 2 aliphatic heterocycles. The lowest BCUT2D eigenvalue weighted by Gasteiger charge is -2.32. The van der Waals surface area contributed by atoms with Crippen molar-refractivity contribution in [2.24, 2.45) is 0 Å². The molecule has 3 aromatic rings. The summed E-state index contributed by atoms with van der Waals surface area (Å²) < 4.78 is 35.9. The standard InChI is InChI=1S/C27H28N6O6S2/c1-4-18-14-28-26(29-15-18)32-11-9-21(10-12-32)39-24-17(2)23(30-16-31-24)38-20-7-5-19(6-8-20)13-22-25(34)33(27(35)40-22)41(3,36)37/h5-8,13-16,21H,4,9-12H2,1-3H3. The van der Waals surface area contributed by atoms with Crippen molar-refractivity contribution in [1.82, 2.24) is 24.2 Å².